The molecule has 0 unspecified atom stereocenters. The van der Waals surface area contributed by atoms with E-state index in [1.807, 2.05) is 19.9 Å². The molecule has 0 atom stereocenters. The predicted octanol–water partition coefficient (Wildman–Crippen LogP) is 3.42. The number of hydrogen-bond acceptors (Lipinski definition) is 3. The second-order valence-electron chi connectivity index (χ2n) is 4.97. The van der Waals surface area contributed by atoms with E-state index in [0.717, 1.165) is 29.2 Å². The molecule has 0 spiro atoms. The van der Waals surface area contributed by atoms with Gasteiger partial charge in [0, 0.05) is 31.4 Å². The maximum Gasteiger partial charge on any atom is 0.191 e. The van der Waals surface area contributed by atoms with Gasteiger partial charge in [-0.3, -0.25) is 4.99 Å². The van der Waals surface area contributed by atoms with Crippen LogP contribution in [-0.4, -0.2) is 24.5 Å². The second kappa shape index (κ2) is 9.82. The van der Waals surface area contributed by atoms with Crippen molar-refractivity contribution in [1.29, 1.82) is 0 Å². The Bertz CT molecular complexity index is 657. The topological polar surface area (TPSA) is 49.3 Å². The molecular weight excluding hydrogens is 426 g/mol. The van der Waals surface area contributed by atoms with E-state index in [1.54, 1.807) is 24.5 Å². The standard InChI is InChI=1S/C16H21FN4S.HI/c1-11-15(22-12(2)21-11)7-8-19-16(18-3)20-10-13-5-4-6-14(17)9-13;/h4-6,9H,7-8,10H2,1-3H3,(H2,18,19,20);1H. The molecule has 126 valence electrons. The number of benzene rings is 1. The van der Waals surface area contributed by atoms with Crippen molar-refractivity contribution in [3.8, 4) is 0 Å². The van der Waals surface area contributed by atoms with Crippen LogP contribution in [0.25, 0.3) is 0 Å². The minimum Gasteiger partial charge on any atom is -0.356 e. The number of rotatable bonds is 5. The van der Waals surface area contributed by atoms with E-state index in [-0.39, 0.29) is 29.8 Å². The number of thiazole rings is 1. The van der Waals surface area contributed by atoms with E-state index >= 15 is 0 Å². The predicted molar refractivity (Wildman–Crippen MR) is 105 cm³/mol. The van der Waals surface area contributed by atoms with Crippen molar-refractivity contribution >= 4 is 41.3 Å². The molecule has 0 aliphatic heterocycles. The fourth-order valence-corrected chi connectivity index (χ4v) is 3.09. The van der Waals surface area contributed by atoms with Crippen LogP contribution in [0.4, 0.5) is 4.39 Å². The zero-order chi connectivity index (χ0) is 15.9. The fraction of sp³-hybridized carbons (Fsp3) is 0.375. The molecule has 1 heterocycles. The van der Waals surface area contributed by atoms with Gasteiger partial charge in [0.1, 0.15) is 5.82 Å². The van der Waals surface area contributed by atoms with Gasteiger partial charge in [0.25, 0.3) is 0 Å². The first-order valence-corrected chi connectivity index (χ1v) is 8.02. The summed E-state index contributed by atoms with van der Waals surface area (Å²) in [4.78, 5) is 9.89. The Morgan fingerprint density at radius 1 is 1.30 bits per heavy atom. The summed E-state index contributed by atoms with van der Waals surface area (Å²) in [5.41, 5.74) is 1.99. The summed E-state index contributed by atoms with van der Waals surface area (Å²) >= 11 is 1.73. The second-order valence-corrected chi connectivity index (χ2v) is 6.26. The minimum atomic E-state index is -0.224. The molecule has 1 aromatic heterocycles. The number of nitrogens with one attached hydrogen (secondary N) is 2. The van der Waals surface area contributed by atoms with Gasteiger partial charge < -0.3 is 10.6 Å². The smallest absolute Gasteiger partial charge is 0.191 e. The van der Waals surface area contributed by atoms with E-state index < -0.39 is 0 Å². The highest BCUT2D eigenvalue weighted by Crippen LogP contribution is 2.16. The molecule has 23 heavy (non-hydrogen) atoms. The summed E-state index contributed by atoms with van der Waals surface area (Å²) in [7, 11) is 1.73. The van der Waals surface area contributed by atoms with E-state index in [9.17, 15) is 4.39 Å². The maximum atomic E-state index is 13.1. The average Bonchev–Trinajstić information content (AvgIpc) is 2.80. The molecule has 2 N–H and O–H groups in total. The Balaban J connectivity index is 0.00000264. The average molecular weight is 448 g/mol. The molecule has 0 aliphatic rings. The highest BCUT2D eigenvalue weighted by atomic mass is 127. The first-order valence-electron chi connectivity index (χ1n) is 7.20. The molecule has 4 nitrogen and oxygen atoms in total. The van der Waals surface area contributed by atoms with Crippen LogP contribution in [0.2, 0.25) is 0 Å². The van der Waals surface area contributed by atoms with Crippen molar-refractivity contribution in [2.45, 2.75) is 26.8 Å². The summed E-state index contributed by atoms with van der Waals surface area (Å²) < 4.78 is 13.1. The third-order valence-electron chi connectivity index (χ3n) is 3.22. The number of nitrogens with zero attached hydrogens (tertiary/aromatic N) is 2. The highest BCUT2D eigenvalue weighted by molar-refractivity contribution is 14.0. The first kappa shape index (κ1) is 19.8. The molecule has 7 heteroatoms. The van der Waals surface area contributed by atoms with E-state index in [4.69, 9.17) is 0 Å². The van der Waals surface area contributed by atoms with E-state index in [0.29, 0.717) is 12.5 Å². The Hall–Kier alpha value is -1.22. The molecule has 0 aliphatic carbocycles. The third-order valence-corrected chi connectivity index (χ3v) is 4.35. The van der Waals surface area contributed by atoms with Crippen molar-refractivity contribution in [3.05, 3.63) is 51.2 Å². The number of hydrogen-bond donors (Lipinski definition) is 2. The molecule has 0 fully saturated rings. The molecule has 0 saturated heterocycles. The molecule has 2 aromatic rings. The lowest BCUT2D eigenvalue weighted by molar-refractivity contribution is 0.624. The summed E-state index contributed by atoms with van der Waals surface area (Å²) in [5, 5.41) is 7.54. The molecular formula is C16H22FIN4S. The van der Waals surface area contributed by atoms with Crippen molar-refractivity contribution in [2.75, 3.05) is 13.6 Å². The van der Waals surface area contributed by atoms with Crippen molar-refractivity contribution in [1.82, 2.24) is 15.6 Å². The zero-order valence-corrected chi connectivity index (χ0v) is 16.7. The Labute approximate surface area is 157 Å². The van der Waals surface area contributed by atoms with Gasteiger partial charge in [-0.1, -0.05) is 12.1 Å². The number of aromatic nitrogens is 1. The van der Waals surface area contributed by atoms with Gasteiger partial charge in [0.2, 0.25) is 0 Å². The van der Waals surface area contributed by atoms with Gasteiger partial charge in [-0.15, -0.1) is 35.3 Å². The molecule has 1 aromatic carbocycles. The molecule has 0 saturated carbocycles. The van der Waals surface area contributed by atoms with Crippen molar-refractivity contribution in [3.63, 3.8) is 0 Å². The van der Waals surface area contributed by atoms with Gasteiger partial charge in [-0.2, -0.15) is 0 Å². The van der Waals surface area contributed by atoms with Gasteiger partial charge >= 0.3 is 0 Å². The number of guanidine groups is 1. The quantitative estimate of drug-likeness (QED) is 0.419. The normalized spacial score (nSPS) is 11.0. The van der Waals surface area contributed by atoms with Crippen LogP contribution < -0.4 is 10.6 Å². The Morgan fingerprint density at radius 2 is 2.09 bits per heavy atom. The summed E-state index contributed by atoms with van der Waals surface area (Å²) in [6.07, 6.45) is 0.915. The SMILES string of the molecule is CN=C(NCCc1sc(C)nc1C)NCc1cccc(F)c1.I. The van der Waals surface area contributed by atoms with Crippen LogP contribution >= 0.6 is 35.3 Å². The maximum absolute atomic E-state index is 13.1. The lowest BCUT2D eigenvalue weighted by Crippen LogP contribution is -2.37. The number of aryl methyl sites for hydroxylation is 2. The Morgan fingerprint density at radius 3 is 2.70 bits per heavy atom. The van der Waals surface area contributed by atoms with Crippen LogP contribution in [0.3, 0.4) is 0 Å². The number of aliphatic imine (C=N–C) groups is 1. The highest BCUT2D eigenvalue weighted by Gasteiger charge is 2.05. The summed E-state index contributed by atoms with van der Waals surface area (Å²) in [6.45, 7) is 5.38. The lowest BCUT2D eigenvalue weighted by atomic mass is 10.2. The largest absolute Gasteiger partial charge is 0.356 e. The van der Waals surface area contributed by atoms with Gasteiger partial charge in [-0.25, -0.2) is 9.37 Å². The van der Waals surface area contributed by atoms with Gasteiger partial charge in [0.15, 0.2) is 5.96 Å². The first-order chi connectivity index (χ1) is 10.6. The monoisotopic (exact) mass is 448 g/mol. The van der Waals surface area contributed by atoms with Crippen molar-refractivity contribution < 1.29 is 4.39 Å². The zero-order valence-electron chi connectivity index (χ0n) is 13.5. The van der Waals surface area contributed by atoms with E-state index in [1.165, 1.54) is 17.0 Å². The summed E-state index contributed by atoms with van der Waals surface area (Å²) in [6, 6.07) is 6.55. The van der Waals surface area contributed by atoms with Crippen LogP contribution in [0.5, 0.6) is 0 Å². The van der Waals surface area contributed by atoms with Crippen LogP contribution in [0.15, 0.2) is 29.3 Å². The van der Waals surface area contributed by atoms with Gasteiger partial charge in [-0.05, 0) is 31.5 Å². The third kappa shape index (κ3) is 6.42. The molecule has 2 rings (SSSR count). The van der Waals surface area contributed by atoms with E-state index in [2.05, 4.69) is 20.6 Å². The van der Waals surface area contributed by atoms with Crippen molar-refractivity contribution in [2.24, 2.45) is 4.99 Å². The summed E-state index contributed by atoms with van der Waals surface area (Å²) in [5.74, 6) is 0.487. The van der Waals surface area contributed by atoms with Crippen LogP contribution in [0, 0.1) is 19.7 Å². The molecule has 0 amide bonds. The number of halogens is 2. The van der Waals surface area contributed by atoms with Crippen LogP contribution in [-0.2, 0) is 13.0 Å². The van der Waals surface area contributed by atoms with Crippen LogP contribution in [0.1, 0.15) is 21.1 Å². The lowest BCUT2D eigenvalue weighted by Gasteiger charge is -2.11. The van der Waals surface area contributed by atoms with Gasteiger partial charge in [0.05, 0.1) is 10.7 Å². The molecule has 0 bridgehead atoms. The molecule has 0 radical (unpaired) electrons. The minimum absolute atomic E-state index is 0. The fourth-order valence-electron chi connectivity index (χ4n) is 2.15. The Kier molecular flexibility index (Phi) is 8.46.